The van der Waals surface area contributed by atoms with Crippen LogP contribution in [0.25, 0.3) is 0 Å². The lowest BCUT2D eigenvalue weighted by atomic mass is 9.89. The molecule has 1 aliphatic heterocycles. The summed E-state index contributed by atoms with van der Waals surface area (Å²) in [5.74, 6) is 0.745. The summed E-state index contributed by atoms with van der Waals surface area (Å²) < 4.78 is 5.94. The van der Waals surface area contributed by atoms with Gasteiger partial charge in [-0.2, -0.15) is 0 Å². The Labute approximate surface area is 120 Å². The summed E-state index contributed by atoms with van der Waals surface area (Å²) in [7, 11) is 4.32. The van der Waals surface area contributed by atoms with E-state index < -0.39 is 0 Å². The largest absolute Gasteiger partial charge is 0.375 e. The molecule has 1 saturated heterocycles. The molecule has 3 nitrogen and oxygen atoms in total. The molecule has 1 fully saturated rings. The highest BCUT2D eigenvalue weighted by Crippen LogP contribution is 2.28. The summed E-state index contributed by atoms with van der Waals surface area (Å²) in [4.78, 5) is 2.29. The quantitative estimate of drug-likeness (QED) is 0.770. The van der Waals surface area contributed by atoms with Gasteiger partial charge in [0.2, 0.25) is 0 Å². The molecule has 1 rings (SSSR count). The highest BCUT2D eigenvalue weighted by molar-refractivity contribution is 4.88. The molecular formula is C16H34N2O. The number of hydrogen-bond acceptors (Lipinski definition) is 3. The zero-order valence-corrected chi connectivity index (χ0v) is 13.8. The van der Waals surface area contributed by atoms with Gasteiger partial charge in [-0.3, -0.25) is 0 Å². The SMILES string of the molecule is CCC1(C)CC(NC(CC(C)C)CN(C)C)CCO1. The number of hydrogen-bond donors (Lipinski definition) is 1. The van der Waals surface area contributed by atoms with Crippen molar-refractivity contribution in [1.82, 2.24) is 10.2 Å². The summed E-state index contributed by atoms with van der Waals surface area (Å²) in [6.07, 6.45) is 4.65. The molecule has 0 bridgehead atoms. The fraction of sp³-hybridized carbons (Fsp3) is 1.00. The zero-order chi connectivity index (χ0) is 14.5. The van der Waals surface area contributed by atoms with E-state index in [0.29, 0.717) is 12.1 Å². The van der Waals surface area contributed by atoms with Crippen molar-refractivity contribution in [3.8, 4) is 0 Å². The molecule has 1 heterocycles. The van der Waals surface area contributed by atoms with Gasteiger partial charge in [0, 0.05) is 25.2 Å². The molecule has 0 aromatic heterocycles. The molecule has 0 amide bonds. The second-order valence-corrected chi connectivity index (χ2v) is 7.10. The lowest BCUT2D eigenvalue weighted by Gasteiger charge is -2.40. The first-order valence-corrected chi connectivity index (χ1v) is 7.89. The molecule has 114 valence electrons. The van der Waals surface area contributed by atoms with E-state index in [1.807, 2.05) is 0 Å². The fourth-order valence-electron chi connectivity index (χ4n) is 3.06. The van der Waals surface area contributed by atoms with Gasteiger partial charge < -0.3 is 15.0 Å². The van der Waals surface area contributed by atoms with Crippen molar-refractivity contribution in [3.05, 3.63) is 0 Å². The highest BCUT2D eigenvalue weighted by atomic mass is 16.5. The van der Waals surface area contributed by atoms with Crippen molar-refractivity contribution in [2.24, 2.45) is 5.92 Å². The smallest absolute Gasteiger partial charge is 0.0666 e. The molecule has 1 aliphatic rings. The van der Waals surface area contributed by atoms with Crippen molar-refractivity contribution in [2.75, 3.05) is 27.2 Å². The summed E-state index contributed by atoms with van der Waals surface area (Å²) in [6, 6.07) is 1.21. The van der Waals surface area contributed by atoms with Gasteiger partial charge in [0.05, 0.1) is 5.60 Å². The van der Waals surface area contributed by atoms with Gasteiger partial charge >= 0.3 is 0 Å². The van der Waals surface area contributed by atoms with Crippen LogP contribution in [-0.4, -0.2) is 49.8 Å². The lowest BCUT2D eigenvalue weighted by Crippen LogP contribution is -2.50. The number of likely N-dealkylation sites (N-methyl/N-ethyl adjacent to an activating group) is 1. The van der Waals surface area contributed by atoms with E-state index >= 15 is 0 Å². The van der Waals surface area contributed by atoms with Gasteiger partial charge in [-0.25, -0.2) is 0 Å². The third-order valence-electron chi connectivity index (χ3n) is 4.16. The van der Waals surface area contributed by atoms with E-state index in [1.54, 1.807) is 0 Å². The minimum Gasteiger partial charge on any atom is -0.375 e. The molecule has 0 saturated carbocycles. The minimum absolute atomic E-state index is 0.0798. The molecule has 19 heavy (non-hydrogen) atoms. The first-order chi connectivity index (χ1) is 8.84. The second kappa shape index (κ2) is 7.61. The third-order valence-corrected chi connectivity index (χ3v) is 4.16. The Kier molecular flexibility index (Phi) is 6.78. The maximum Gasteiger partial charge on any atom is 0.0666 e. The Morgan fingerprint density at radius 3 is 2.58 bits per heavy atom. The molecule has 3 heteroatoms. The third kappa shape index (κ3) is 6.24. The van der Waals surface area contributed by atoms with Crippen molar-refractivity contribution in [2.45, 2.75) is 71.1 Å². The van der Waals surface area contributed by atoms with Crippen LogP contribution in [0.15, 0.2) is 0 Å². The lowest BCUT2D eigenvalue weighted by molar-refractivity contribution is -0.0795. The maximum atomic E-state index is 5.94. The predicted octanol–water partition coefficient (Wildman–Crippen LogP) is 2.90. The van der Waals surface area contributed by atoms with Crippen LogP contribution in [0.3, 0.4) is 0 Å². The Bertz CT molecular complexity index is 245. The first kappa shape index (κ1) is 16.9. The monoisotopic (exact) mass is 270 g/mol. The van der Waals surface area contributed by atoms with Crippen LogP contribution in [0.1, 0.15) is 53.4 Å². The van der Waals surface area contributed by atoms with Crippen LogP contribution in [-0.2, 0) is 4.74 Å². The van der Waals surface area contributed by atoms with Crippen molar-refractivity contribution < 1.29 is 4.74 Å². The molecule has 3 unspecified atom stereocenters. The number of nitrogens with zero attached hydrogens (tertiary/aromatic N) is 1. The highest BCUT2D eigenvalue weighted by Gasteiger charge is 2.32. The normalized spacial score (nSPS) is 30.0. The fourth-order valence-corrected chi connectivity index (χ4v) is 3.06. The average Bonchev–Trinajstić information content (AvgIpc) is 2.27. The van der Waals surface area contributed by atoms with Gasteiger partial charge in [-0.05, 0) is 52.6 Å². The van der Waals surface area contributed by atoms with E-state index in [1.165, 1.54) is 6.42 Å². The Morgan fingerprint density at radius 1 is 1.37 bits per heavy atom. The van der Waals surface area contributed by atoms with Crippen LogP contribution in [0.2, 0.25) is 0 Å². The van der Waals surface area contributed by atoms with Crippen LogP contribution in [0, 0.1) is 5.92 Å². The topological polar surface area (TPSA) is 24.5 Å². The summed E-state index contributed by atoms with van der Waals surface area (Å²) in [5.41, 5.74) is 0.0798. The summed E-state index contributed by atoms with van der Waals surface area (Å²) >= 11 is 0. The van der Waals surface area contributed by atoms with Gasteiger partial charge in [-0.15, -0.1) is 0 Å². The second-order valence-electron chi connectivity index (χ2n) is 7.10. The molecule has 0 spiro atoms. The van der Waals surface area contributed by atoms with Gasteiger partial charge in [0.25, 0.3) is 0 Å². The van der Waals surface area contributed by atoms with Crippen LogP contribution < -0.4 is 5.32 Å². The van der Waals surface area contributed by atoms with Crippen molar-refractivity contribution in [3.63, 3.8) is 0 Å². The van der Waals surface area contributed by atoms with E-state index in [2.05, 4.69) is 52.0 Å². The Balaban J connectivity index is 2.52. The number of nitrogens with one attached hydrogen (secondary N) is 1. The molecule has 3 atom stereocenters. The molecule has 0 radical (unpaired) electrons. The van der Waals surface area contributed by atoms with Crippen LogP contribution in [0.5, 0.6) is 0 Å². The standard InChI is InChI=1S/C16H34N2O/c1-7-16(4)11-14(8-9-19-16)17-15(10-13(2)3)12-18(5)6/h13-15,17H,7-12H2,1-6H3. The first-order valence-electron chi connectivity index (χ1n) is 7.89. The van der Waals surface area contributed by atoms with Gasteiger partial charge in [-0.1, -0.05) is 20.8 Å². The Morgan fingerprint density at radius 2 is 2.05 bits per heavy atom. The van der Waals surface area contributed by atoms with Gasteiger partial charge in [0.15, 0.2) is 0 Å². The van der Waals surface area contributed by atoms with E-state index in [0.717, 1.165) is 38.3 Å². The predicted molar refractivity (Wildman–Crippen MR) is 82.6 cm³/mol. The average molecular weight is 270 g/mol. The zero-order valence-electron chi connectivity index (χ0n) is 13.8. The number of ether oxygens (including phenoxy) is 1. The Hall–Kier alpha value is -0.120. The summed E-state index contributed by atoms with van der Waals surface area (Å²) in [5, 5.41) is 3.89. The van der Waals surface area contributed by atoms with Crippen molar-refractivity contribution in [1.29, 1.82) is 0 Å². The molecule has 0 aromatic carbocycles. The van der Waals surface area contributed by atoms with Gasteiger partial charge in [0.1, 0.15) is 0 Å². The minimum atomic E-state index is 0.0798. The maximum absolute atomic E-state index is 5.94. The van der Waals surface area contributed by atoms with Crippen LogP contribution >= 0.6 is 0 Å². The van der Waals surface area contributed by atoms with E-state index in [9.17, 15) is 0 Å². The molecule has 0 aromatic rings. The van der Waals surface area contributed by atoms with E-state index in [4.69, 9.17) is 4.74 Å². The van der Waals surface area contributed by atoms with E-state index in [-0.39, 0.29) is 5.60 Å². The summed E-state index contributed by atoms with van der Waals surface area (Å²) in [6.45, 7) is 11.1. The number of rotatable bonds is 7. The molecular weight excluding hydrogens is 236 g/mol. The van der Waals surface area contributed by atoms with Crippen LogP contribution in [0.4, 0.5) is 0 Å². The van der Waals surface area contributed by atoms with Crippen molar-refractivity contribution >= 4 is 0 Å². The molecule has 0 aliphatic carbocycles. The molecule has 1 N–H and O–H groups in total.